The number of hydrogen-bond acceptors (Lipinski definition) is 2. The van der Waals surface area contributed by atoms with Crippen molar-refractivity contribution in [3.63, 3.8) is 0 Å². The number of amides is 2. The van der Waals surface area contributed by atoms with Crippen LogP contribution in [0.25, 0.3) is 0 Å². The van der Waals surface area contributed by atoms with Crippen molar-refractivity contribution in [3.8, 4) is 0 Å². The van der Waals surface area contributed by atoms with Crippen LogP contribution < -0.4 is 16.6 Å². The molecule has 2 saturated carbocycles. The predicted octanol–water partition coefficient (Wildman–Crippen LogP) is 0.813. The number of hydrogen-bond donors (Lipinski definition) is 3. The topological polar surface area (TPSA) is 67.2 Å². The number of carbonyl (C=O) groups is 1. The van der Waals surface area contributed by atoms with E-state index >= 15 is 0 Å². The summed E-state index contributed by atoms with van der Waals surface area (Å²) in [5.41, 5.74) is 10.2. The first-order valence-electron chi connectivity index (χ1n) is 5.11. The van der Waals surface area contributed by atoms with Crippen molar-refractivity contribution in [1.29, 1.82) is 0 Å². The fourth-order valence-electron chi connectivity index (χ4n) is 2.89. The quantitative estimate of drug-likeness (QED) is 0.484. The summed E-state index contributed by atoms with van der Waals surface area (Å²) in [5.74, 6) is 1.92. The minimum atomic E-state index is -0.532. The van der Waals surface area contributed by atoms with E-state index in [0.717, 1.165) is 6.54 Å². The highest BCUT2D eigenvalue weighted by atomic mass is 35.5. The normalized spacial score (nSPS) is 40.1. The Labute approximate surface area is 88.5 Å². The monoisotopic (exact) mass is 217 g/mol. The summed E-state index contributed by atoms with van der Waals surface area (Å²) in [6.45, 7) is 0.785. The van der Waals surface area contributed by atoms with Crippen LogP contribution in [-0.2, 0) is 0 Å². The highest BCUT2D eigenvalue weighted by Gasteiger charge is 2.46. The SMILES string of the molecule is NC(=O)NNC[C@@H]1C[C@H]2CC[C@@H]1[C@H]2Cl. The predicted molar refractivity (Wildman–Crippen MR) is 54.7 cm³/mol. The Hall–Kier alpha value is -0.480. The number of carbonyl (C=O) groups excluding carboxylic acids is 1. The maximum Gasteiger partial charge on any atom is 0.326 e. The molecule has 4 atom stereocenters. The van der Waals surface area contributed by atoms with Crippen LogP contribution >= 0.6 is 11.6 Å². The Kier molecular flexibility index (Phi) is 2.83. The number of urea groups is 1. The van der Waals surface area contributed by atoms with E-state index in [4.69, 9.17) is 17.3 Å². The number of nitrogens with two attached hydrogens (primary N) is 1. The van der Waals surface area contributed by atoms with Gasteiger partial charge < -0.3 is 5.73 Å². The number of alkyl halides is 1. The molecule has 0 radical (unpaired) electrons. The molecule has 14 heavy (non-hydrogen) atoms. The zero-order valence-corrected chi connectivity index (χ0v) is 8.76. The molecule has 0 spiro atoms. The Bertz CT molecular complexity index is 236. The molecule has 5 heteroatoms. The van der Waals surface area contributed by atoms with Gasteiger partial charge in [0.15, 0.2) is 0 Å². The second-order valence-corrected chi connectivity index (χ2v) is 4.82. The molecule has 80 valence electrons. The summed E-state index contributed by atoms with van der Waals surface area (Å²) >= 11 is 6.27. The van der Waals surface area contributed by atoms with Gasteiger partial charge >= 0.3 is 6.03 Å². The van der Waals surface area contributed by atoms with Crippen LogP contribution in [0.2, 0.25) is 0 Å². The maximum absolute atomic E-state index is 10.4. The molecule has 0 saturated heterocycles. The Morgan fingerprint density at radius 2 is 2.29 bits per heavy atom. The fraction of sp³-hybridized carbons (Fsp3) is 0.889. The number of hydrazine groups is 1. The Morgan fingerprint density at radius 3 is 2.79 bits per heavy atom. The van der Waals surface area contributed by atoms with Crippen LogP contribution in [0.5, 0.6) is 0 Å². The molecule has 0 aliphatic heterocycles. The first kappa shape index (κ1) is 10.1. The molecule has 2 fully saturated rings. The number of fused-ring (bicyclic) bond motifs is 2. The molecular formula is C9H16ClN3O. The molecule has 0 heterocycles. The Morgan fingerprint density at radius 1 is 1.50 bits per heavy atom. The van der Waals surface area contributed by atoms with Crippen molar-refractivity contribution in [2.75, 3.05) is 6.54 Å². The van der Waals surface area contributed by atoms with Gasteiger partial charge in [0.05, 0.1) is 0 Å². The van der Waals surface area contributed by atoms with Crippen molar-refractivity contribution < 1.29 is 4.79 Å². The summed E-state index contributed by atoms with van der Waals surface area (Å²) < 4.78 is 0. The van der Waals surface area contributed by atoms with E-state index in [1.165, 1.54) is 19.3 Å². The van der Waals surface area contributed by atoms with E-state index in [9.17, 15) is 4.79 Å². The van der Waals surface area contributed by atoms with Gasteiger partial charge in [0, 0.05) is 11.9 Å². The molecule has 0 aromatic heterocycles. The second-order valence-electron chi connectivity index (χ2n) is 4.31. The summed E-state index contributed by atoms with van der Waals surface area (Å²) in [4.78, 5) is 10.4. The van der Waals surface area contributed by atoms with Gasteiger partial charge in [0.1, 0.15) is 0 Å². The van der Waals surface area contributed by atoms with Gasteiger partial charge in [-0.2, -0.15) is 0 Å². The van der Waals surface area contributed by atoms with Gasteiger partial charge in [-0.05, 0) is 37.0 Å². The molecule has 2 rings (SSSR count). The van der Waals surface area contributed by atoms with Crippen molar-refractivity contribution in [1.82, 2.24) is 10.9 Å². The zero-order chi connectivity index (χ0) is 10.1. The van der Waals surface area contributed by atoms with Gasteiger partial charge in [0.2, 0.25) is 0 Å². The highest BCUT2D eigenvalue weighted by molar-refractivity contribution is 6.21. The van der Waals surface area contributed by atoms with Crippen LogP contribution in [0.1, 0.15) is 19.3 Å². The van der Waals surface area contributed by atoms with E-state index in [-0.39, 0.29) is 0 Å². The van der Waals surface area contributed by atoms with E-state index in [1.54, 1.807) is 0 Å². The lowest BCUT2D eigenvalue weighted by molar-refractivity contribution is 0.240. The van der Waals surface area contributed by atoms with E-state index in [2.05, 4.69) is 10.9 Å². The third kappa shape index (κ3) is 1.81. The van der Waals surface area contributed by atoms with Crippen molar-refractivity contribution in [2.24, 2.45) is 23.5 Å². The summed E-state index contributed by atoms with van der Waals surface area (Å²) in [6, 6.07) is -0.532. The fourth-order valence-corrected chi connectivity index (χ4v) is 3.45. The lowest BCUT2D eigenvalue weighted by Gasteiger charge is -2.21. The van der Waals surface area contributed by atoms with E-state index in [1.807, 2.05) is 0 Å². The van der Waals surface area contributed by atoms with Gasteiger partial charge in [0.25, 0.3) is 0 Å². The average Bonchev–Trinajstić information content (AvgIpc) is 2.61. The van der Waals surface area contributed by atoms with Crippen molar-refractivity contribution in [2.45, 2.75) is 24.6 Å². The molecule has 0 unspecified atom stereocenters. The number of primary amides is 1. The van der Waals surface area contributed by atoms with Crippen LogP contribution in [0.3, 0.4) is 0 Å². The van der Waals surface area contributed by atoms with Gasteiger partial charge in [-0.3, -0.25) is 5.43 Å². The molecular weight excluding hydrogens is 202 g/mol. The highest BCUT2D eigenvalue weighted by Crippen LogP contribution is 2.50. The summed E-state index contributed by atoms with van der Waals surface area (Å²) in [5, 5.41) is 0.357. The largest absolute Gasteiger partial charge is 0.351 e. The van der Waals surface area contributed by atoms with Gasteiger partial charge in [-0.25, -0.2) is 10.2 Å². The molecule has 0 aromatic rings. The Balaban J connectivity index is 1.75. The van der Waals surface area contributed by atoms with Crippen LogP contribution in [0, 0.1) is 17.8 Å². The van der Waals surface area contributed by atoms with E-state index in [0.29, 0.717) is 23.1 Å². The van der Waals surface area contributed by atoms with Gasteiger partial charge in [-0.15, -0.1) is 11.6 Å². The molecule has 2 bridgehead atoms. The summed E-state index contributed by atoms with van der Waals surface area (Å²) in [6.07, 6.45) is 3.70. The number of halogens is 1. The molecule has 4 N–H and O–H groups in total. The molecule has 2 aliphatic carbocycles. The third-order valence-electron chi connectivity index (χ3n) is 3.52. The minimum absolute atomic E-state index is 0.357. The third-order valence-corrected chi connectivity index (χ3v) is 4.20. The standard InChI is InChI=1S/C9H16ClN3O/c10-8-5-1-2-7(8)6(3-5)4-12-13-9(11)14/h5-8,12H,1-4H2,(H3,11,13,14)/t5-,6+,7+,8+/m1/s1. The molecule has 2 aliphatic rings. The van der Waals surface area contributed by atoms with Crippen LogP contribution in [0.4, 0.5) is 4.79 Å². The number of nitrogens with one attached hydrogen (secondary N) is 2. The zero-order valence-electron chi connectivity index (χ0n) is 8.00. The van der Waals surface area contributed by atoms with Crippen LogP contribution in [-0.4, -0.2) is 18.0 Å². The smallest absolute Gasteiger partial charge is 0.326 e. The average molecular weight is 218 g/mol. The number of rotatable bonds is 3. The van der Waals surface area contributed by atoms with Crippen molar-refractivity contribution >= 4 is 17.6 Å². The maximum atomic E-state index is 10.4. The minimum Gasteiger partial charge on any atom is -0.351 e. The summed E-state index contributed by atoms with van der Waals surface area (Å²) in [7, 11) is 0. The first-order chi connectivity index (χ1) is 6.68. The van der Waals surface area contributed by atoms with Crippen molar-refractivity contribution in [3.05, 3.63) is 0 Å². The van der Waals surface area contributed by atoms with E-state index < -0.39 is 6.03 Å². The molecule has 0 aromatic carbocycles. The van der Waals surface area contributed by atoms with Gasteiger partial charge in [-0.1, -0.05) is 0 Å². The molecule has 4 nitrogen and oxygen atoms in total. The lowest BCUT2D eigenvalue weighted by atomic mass is 9.89. The molecule has 2 amide bonds. The second kappa shape index (κ2) is 3.95. The lowest BCUT2D eigenvalue weighted by Crippen LogP contribution is -2.44. The van der Waals surface area contributed by atoms with Crippen LogP contribution in [0.15, 0.2) is 0 Å². The first-order valence-corrected chi connectivity index (χ1v) is 5.54.